The van der Waals surface area contributed by atoms with Gasteiger partial charge in [-0.15, -0.1) is 0 Å². The molecule has 4 heterocycles. The lowest BCUT2D eigenvalue weighted by molar-refractivity contribution is 0.666. The van der Waals surface area contributed by atoms with Crippen LogP contribution in [0.5, 0.6) is 0 Å². The smallest absolute Gasteiger partial charge is 0.160 e. The Morgan fingerprint density at radius 3 is 1.41 bits per heavy atom. The molecule has 0 radical (unpaired) electrons. The third-order valence-electron chi connectivity index (χ3n) is 12.5. The summed E-state index contributed by atoms with van der Waals surface area (Å²) >= 11 is 0. The number of nitrogens with zero attached hydrogens (tertiary/aromatic N) is 4. The molecule has 294 valence electrons. The first-order chi connectivity index (χ1) is 31.2. The van der Waals surface area contributed by atoms with Crippen LogP contribution in [0.4, 0.5) is 0 Å². The van der Waals surface area contributed by atoms with Gasteiger partial charge in [0.1, 0.15) is 5.58 Å². The Kier molecular flexibility index (Phi) is 7.84. The quantitative estimate of drug-likeness (QED) is 0.168. The highest BCUT2D eigenvalue weighted by atomic mass is 16.3. The van der Waals surface area contributed by atoms with E-state index in [1.807, 2.05) is 24.3 Å². The summed E-state index contributed by atoms with van der Waals surface area (Å²) in [5.74, 6) is 0.649. The van der Waals surface area contributed by atoms with Gasteiger partial charge in [-0.3, -0.25) is 0 Å². The summed E-state index contributed by atoms with van der Waals surface area (Å²) in [5, 5.41) is 6.86. The average Bonchev–Trinajstić information content (AvgIpc) is 4.02. The lowest BCUT2D eigenvalue weighted by atomic mass is 10.0. The number of benzene rings is 9. The lowest BCUT2D eigenvalue weighted by Crippen LogP contribution is -1.99. The van der Waals surface area contributed by atoms with Crippen LogP contribution in [0.3, 0.4) is 0 Å². The molecule has 0 aliphatic rings. The first-order valence-corrected chi connectivity index (χ1v) is 21.3. The molecule has 0 unspecified atom stereocenters. The standard InChI is InChI=1S/C58H36N4O/c1-4-16-37(17-5-1)49-36-50(38-18-6-2-7-19-38)60-58(59-49)41-34-48-45-24-12-15-27-56(45)63-57(48)55(35-41)62-52-26-14-11-23-44(52)47-33-40(29-31-54(47)62)39-28-30-53-46(32-39)43-22-10-13-25-51(43)61(53)42-20-8-3-9-21-42/h1-36H. The average molecular weight is 805 g/mol. The van der Waals surface area contributed by atoms with E-state index in [1.54, 1.807) is 0 Å². The molecule has 0 fully saturated rings. The van der Waals surface area contributed by atoms with Crippen molar-refractivity contribution in [2.45, 2.75) is 0 Å². The van der Waals surface area contributed by atoms with E-state index in [0.717, 1.165) is 78.0 Å². The van der Waals surface area contributed by atoms with Crippen LogP contribution < -0.4 is 0 Å². The minimum atomic E-state index is 0.649. The number of fused-ring (bicyclic) bond motifs is 9. The molecule has 0 bridgehead atoms. The zero-order chi connectivity index (χ0) is 41.4. The fraction of sp³-hybridized carbons (Fsp3) is 0. The Hall–Kier alpha value is -8.54. The molecule has 9 aromatic carbocycles. The molecule has 0 saturated carbocycles. The predicted molar refractivity (Wildman–Crippen MR) is 260 cm³/mol. The van der Waals surface area contributed by atoms with Crippen LogP contribution in [0.15, 0.2) is 223 Å². The van der Waals surface area contributed by atoms with Gasteiger partial charge in [0.25, 0.3) is 0 Å². The summed E-state index contributed by atoms with van der Waals surface area (Å²) in [6.07, 6.45) is 0. The van der Waals surface area contributed by atoms with Crippen molar-refractivity contribution >= 4 is 65.6 Å². The SMILES string of the molecule is c1ccc(-c2cc(-c3ccccc3)nc(-c3cc(-n4c5ccccc5c5cc(-c6ccc7c(c6)c6ccccc6n7-c6ccccc6)ccc54)c4oc5ccccc5c4c3)n2)cc1. The number of aromatic nitrogens is 4. The van der Waals surface area contributed by atoms with Gasteiger partial charge in [-0.25, -0.2) is 9.97 Å². The molecule has 13 aromatic rings. The maximum Gasteiger partial charge on any atom is 0.160 e. The first kappa shape index (κ1) is 35.2. The Bertz CT molecular complexity index is 3840. The number of rotatable bonds is 6. The maximum absolute atomic E-state index is 6.82. The van der Waals surface area contributed by atoms with Crippen molar-refractivity contribution in [3.63, 3.8) is 0 Å². The molecule has 5 heteroatoms. The maximum atomic E-state index is 6.82. The Labute approximate surface area is 362 Å². The highest BCUT2D eigenvalue weighted by molar-refractivity contribution is 6.15. The first-order valence-electron chi connectivity index (χ1n) is 21.3. The highest BCUT2D eigenvalue weighted by Crippen LogP contribution is 2.42. The normalized spacial score (nSPS) is 11.8. The molecular formula is C58H36N4O. The van der Waals surface area contributed by atoms with Crippen LogP contribution >= 0.6 is 0 Å². The van der Waals surface area contributed by atoms with Gasteiger partial charge in [0, 0.05) is 54.7 Å². The number of hydrogen-bond donors (Lipinski definition) is 0. The second kappa shape index (κ2) is 14.0. The fourth-order valence-corrected chi connectivity index (χ4v) is 9.61. The summed E-state index contributed by atoms with van der Waals surface area (Å²) in [4.78, 5) is 10.5. The van der Waals surface area contributed by atoms with Crippen molar-refractivity contribution in [2.24, 2.45) is 0 Å². The second-order valence-corrected chi connectivity index (χ2v) is 16.2. The van der Waals surface area contributed by atoms with E-state index < -0.39 is 0 Å². The summed E-state index contributed by atoms with van der Waals surface area (Å²) in [6.45, 7) is 0. The van der Waals surface area contributed by atoms with Crippen molar-refractivity contribution in [1.82, 2.24) is 19.1 Å². The minimum Gasteiger partial charge on any atom is -0.454 e. The van der Waals surface area contributed by atoms with Gasteiger partial charge >= 0.3 is 0 Å². The summed E-state index contributed by atoms with van der Waals surface area (Å²) in [5.41, 5.74) is 15.3. The van der Waals surface area contributed by atoms with E-state index >= 15 is 0 Å². The van der Waals surface area contributed by atoms with E-state index in [1.165, 1.54) is 38.1 Å². The van der Waals surface area contributed by atoms with Gasteiger partial charge in [-0.2, -0.15) is 0 Å². The van der Waals surface area contributed by atoms with Gasteiger partial charge in [-0.05, 0) is 83.9 Å². The highest BCUT2D eigenvalue weighted by Gasteiger charge is 2.22. The van der Waals surface area contributed by atoms with Crippen LogP contribution in [0.2, 0.25) is 0 Å². The molecule has 0 saturated heterocycles. The summed E-state index contributed by atoms with van der Waals surface area (Å²) < 4.78 is 11.5. The summed E-state index contributed by atoms with van der Waals surface area (Å²) in [7, 11) is 0. The van der Waals surface area contributed by atoms with E-state index in [0.29, 0.717) is 5.82 Å². The molecule has 13 rings (SSSR count). The molecule has 0 amide bonds. The molecule has 0 atom stereocenters. The molecule has 0 aliphatic carbocycles. The third kappa shape index (κ3) is 5.64. The van der Waals surface area contributed by atoms with Crippen LogP contribution in [-0.4, -0.2) is 19.1 Å². The molecule has 5 nitrogen and oxygen atoms in total. The zero-order valence-electron chi connectivity index (χ0n) is 34.0. The third-order valence-corrected chi connectivity index (χ3v) is 12.5. The van der Waals surface area contributed by atoms with Crippen molar-refractivity contribution in [1.29, 1.82) is 0 Å². The van der Waals surface area contributed by atoms with Crippen molar-refractivity contribution in [3.05, 3.63) is 218 Å². The van der Waals surface area contributed by atoms with Gasteiger partial charge in [-0.1, -0.05) is 146 Å². The molecule has 4 aromatic heterocycles. The largest absolute Gasteiger partial charge is 0.454 e. The second-order valence-electron chi connectivity index (χ2n) is 16.2. The van der Waals surface area contributed by atoms with E-state index in [9.17, 15) is 0 Å². The van der Waals surface area contributed by atoms with Crippen molar-refractivity contribution in [2.75, 3.05) is 0 Å². The van der Waals surface area contributed by atoms with Crippen LogP contribution in [-0.2, 0) is 0 Å². The van der Waals surface area contributed by atoms with Crippen LogP contribution in [0.25, 0.3) is 122 Å². The predicted octanol–water partition coefficient (Wildman–Crippen LogP) is 15.2. The van der Waals surface area contributed by atoms with Crippen molar-refractivity contribution < 1.29 is 4.42 Å². The minimum absolute atomic E-state index is 0.649. The summed E-state index contributed by atoms with van der Waals surface area (Å²) in [6, 6.07) is 77.2. The number of para-hydroxylation sites is 4. The van der Waals surface area contributed by atoms with Gasteiger partial charge in [0.15, 0.2) is 11.4 Å². The monoisotopic (exact) mass is 804 g/mol. The van der Waals surface area contributed by atoms with Crippen LogP contribution in [0.1, 0.15) is 0 Å². The van der Waals surface area contributed by atoms with Gasteiger partial charge < -0.3 is 13.6 Å². The Balaban J connectivity index is 1.03. The Morgan fingerprint density at radius 1 is 0.317 bits per heavy atom. The van der Waals surface area contributed by atoms with Gasteiger partial charge in [0.2, 0.25) is 0 Å². The van der Waals surface area contributed by atoms with E-state index in [-0.39, 0.29) is 0 Å². The van der Waals surface area contributed by atoms with E-state index in [4.69, 9.17) is 14.4 Å². The molecular weight excluding hydrogens is 769 g/mol. The van der Waals surface area contributed by atoms with Gasteiger partial charge in [0.05, 0.1) is 39.1 Å². The van der Waals surface area contributed by atoms with Crippen LogP contribution in [0, 0.1) is 0 Å². The number of furan rings is 1. The zero-order valence-corrected chi connectivity index (χ0v) is 34.0. The Morgan fingerprint density at radius 2 is 0.794 bits per heavy atom. The van der Waals surface area contributed by atoms with E-state index in [2.05, 4.69) is 203 Å². The number of hydrogen-bond acceptors (Lipinski definition) is 3. The molecule has 0 aliphatic heterocycles. The molecule has 0 N–H and O–H groups in total. The fourth-order valence-electron chi connectivity index (χ4n) is 9.61. The molecule has 63 heavy (non-hydrogen) atoms. The molecule has 0 spiro atoms. The lowest BCUT2D eigenvalue weighted by Gasteiger charge is -2.13. The van der Waals surface area contributed by atoms with Crippen molar-refractivity contribution in [3.8, 4) is 56.4 Å². The topological polar surface area (TPSA) is 48.8 Å².